The summed E-state index contributed by atoms with van der Waals surface area (Å²) in [4.78, 5) is 20.8. The number of hydrogen-bond donors (Lipinski definition) is 1. The summed E-state index contributed by atoms with van der Waals surface area (Å²) in [6.45, 7) is 3.99. The lowest BCUT2D eigenvalue weighted by molar-refractivity contribution is -0.125. The Labute approximate surface area is 208 Å². The molecule has 0 spiro atoms. The Bertz CT molecular complexity index is 1300. The summed E-state index contributed by atoms with van der Waals surface area (Å²) in [6, 6.07) is 14.0. The molecule has 0 radical (unpaired) electrons. The molecule has 3 heterocycles. The molecule has 8 nitrogen and oxygen atoms in total. The van der Waals surface area contributed by atoms with Crippen molar-refractivity contribution < 1.29 is 14.3 Å². The van der Waals surface area contributed by atoms with Gasteiger partial charge in [-0.25, -0.2) is 9.50 Å². The monoisotopic (exact) mass is 491 g/mol. The molecule has 9 heteroatoms. The first-order chi connectivity index (χ1) is 17.1. The van der Waals surface area contributed by atoms with Crippen molar-refractivity contribution in [2.75, 3.05) is 32.2 Å². The third-order valence-electron chi connectivity index (χ3n) is 6.38. The van der Waals surface area contributed by atoms with Gasteiger partial charge in [-0.1, -0.05) is 53.3 Å². The van der Waals surface area contributed by atoms with Gasteiger partial charge in [0.2, 0.25) is 16.0 Å². The number of aromatic nitrogens is 3. The standard InChI is InChI=1S/C26H29N5O3S/c1-17-9-11-18(12-10-17)21-16-31-25(28-21)35-26(29-31)30-13-5-7-20(15-30)24(32)27-14-19-6-4-8-22(33-2)23(19)34-3/h4,6,8-12,16,20H,5,7,13-15H2,1-3H3,(H,27,32)/t20-/m0/s1. The third kappa shape index (κ3) is 4.81. The summed E-state index contributed by atoms with van der Waals surface area (Å²) in [6.07, 6.45) is 3.77. The van der Waals surface area contributed by atoms with Crippen LogP contribution in [0.25, 0.3) is 16.2 Å². The van der Waals surface area contributed by atoms with Gasteiger partial charge in [0.15, 0.2) is 11.5 Å². The SMILES string of the molecule is COc1cccc(CNC(=O)[C@H]2CCCN(c3nn4cc(-c5ccc(C)cc5)nc4s3)C2)c1OC. The second-order valence-corrected chi connectivity index (χ2v) is 9.69. The molecule has 1 atom stereocenters. The Kier molecular flexibility index (Phi) is 6.59. The van der Waals surface area contributed by atoms with E-state index in [4.69, 9.17) is 19.6 Å². The van der Waals surface area contributed by atoms with Crippen molar-refractivity contribution in [1.29, 1.82) is 0 Å². The van der Waals surface area contributed by atoms with Crippen LogP contribution in [0, 0.1) is 12.8 Å². The van der Waals surface area contributed by atoms with Crippen LogP contribution in [0.15, 0.2) is 48.7 Å². The number of anilines is 1. The number of para-hydroxylation sites is 1. The molecule has 182 valence electrons. The first-order valence-corrected chi connectivity index (χ1v) is 12.5. The average molecular weight is 492 g/mol. The summed E-state index contributed by atoms with van der Waals surface area (Å²) < 4.78 is 12.7. The van der Waals surface area contributed by atoms with E-state index in [1.165, 1.54) is 5.56 Å². The van der Waals surface area contributed by atoms with Crippen molar-refractivity contribution in [2.24, 2.45) is 5.92 Å². The minimum Gasteiger partial charge on any atom is -0.493 e. The predicted octanol–water partition coefficient (Wildman–Crippen LogP) is 4.32. The average Bonchev–Trinajstić information content (AvgIpc) is 3.47. The van der Waals surface area contributed by atoms with E-state index >= 15 is 0 Å². The minimum absolute atomic E-state index is 0.0440. The fourth-order valence-corrected chi connectivity index (χ4v) is 5.38. The second-order valence-electron chi connectivity index (χ2n) is 8.76. The van der Waals surface area contributed by atoms with Crippen LogP contribution in [-0.4, -0.2) is 47.8 Å². The second kappa shape index (κ2) is 9.95. The Morgan fingerprint density at radius 1 is 1.17 bits per heavy atom. The number of amides is 1. The van der Waals surface area contributed by atoms with Crippen LogP contribution < -0.4 is 19.7 Å². The number of carbonyl (C=O) groups excluding carboxylic acids is 1. The number of piperidine rings is 1. The van der Waals surface area contributed by atoms with E-state index < -0.39 is 0 Å². The van der Waals surface area contributed by atoms with Gasteiger partial charge < -0.3 is 19.7 Å². The van der Waals surface area contributed by atoms with Crippen LogP contribution in [0.5, 0.6) is 11.5 Å². The number of aryl methyl sites for hydroxylation is 1. The fourth-order valence-electron chi connectivity index (χ4n) is 4.47. The van der Waals surface area contributed by atoms with Crippen molar-refractivity contribution in [3.63, 3.8) is 0 Å². The molecule has 5 rings (SSSR count). The summed E-state index contributed by atoms with van der Waals surface area (Å²) in [5.41, 5.74) is 4.11. The Balaban J connectivity index is 1.24. The van der Waals surface area contributed by atoms with E-state index in [0.717, 1.165) is 46.3 Å². The molecule has 1 saturated heterocycles. The number of ether oxygens (including phenoxy) is 2. The number of rotatable bonds is 7. The van der Waals surface area contributed by atoms with Crippen molar-refractivity contribution in [3.05, 3.63) is 59.8 Å². The number of fused-ring (bicyclic) bond motifs is 1. The fraction of sp³-hybridized carbons (Fsp3) is 0.346. The van der Waals surface area contributed by atoms with E-state index in [0.29, 0.717) is 24.6 Å². The maximum Gasteiger partial charge on any atom is 0.225 e. The van der Waals surface area contributed by atoms with Crippen LogP contribution in [0.2, 0.25) is 0 Å². The van der Waals surface area contributed by atoms with Crippen molar-refractivity contribution >= 4 is 27.3 Å². The lowest BCUT2D eigenvalue weighted by Crippen LogP contribution is -2.43. The highest BCUT2D eigenvalue weighted by molar-refractivity contribution is 7.20. The van der Waals surface area contributed by atoms with E-state index in [2.05, 4.69) is 41.4 Å². The molecule has 0 aliphatic carbocycles. The maximum atomic E-state index is 13.0. The van der Waals surface area contributed by atoms with Gasteiger partial charge in [-0.2, -0.15) is 0 Å². The van der Waals surface area contributed by atoms with Gasteiger partial charge in [-0.3, -0.25) is 4.79 Å². The molecule has 2 aromatic carbocycles. The molecule has 0 unspecified atom stereocenters. The maximum absolute atomic E-state index is 13.0. The normalized spacial score (nSPS) is 15.9. The Morgan fingerprint density at radius 2 is 2.00 bits per heavy atom. The largest absolute Gasteiger partial charge is 0.493 e. The van der Waals surface area contributed by atoms with Gasteiger partial charge in [-0.15, -0.1) is 5.10 Å². The van der Waals surface area contributed by atoms with Gasteiger partial charge in [-0.05, 0) is 25.8 Å². The summed E-state index contributed by atoms with van der Waals surface area (Å²) in [5.74, 6) is 1.25. The van der Waals surface area contributed by atoms with Crippen LogP contribution in [-0.2, 0) is 11.3 Å². The minimum atomic E-state index is -0.0975. The van der Waals surface area contributed by atoms with E-state index in [-0.39, 0.29) is 11.8 Å². The molecular weight excluding hydrogens is 462 g/mol. The number of nitrogens with zero attached hydrogens (tertiary/aromatic N) is 4. The topological polar surface area (TPSA) is 81.0 Å². The van der Waals surface area contributed by atoms with E-state index in [1.54, 1.807) is 25.6 Å². The molecule has 35 heavy (non-hydrogen) atoms. The van der Waals surface area contributed by atoms with Gasteiger partial charge in [0.25, 0.3) is 0 Å². The molecule has 1 N–H and O–H groups in total. The molecule has 4 aromatic rings. The highest BCUT2D eigenvalue weighted by atomic mass is 32.1. The molecule has 0 saturated carbocycles. The summed E-state index contributed by atoms with van der Waals surface area (Å²) in [5, 5.41) is 8.75. The van der Waals surface area contributed by atoms with Crippen molar-refractivity contribution in [1.82, 2.24) is 19.9 Å². The lowest BCUT2D eigenvalue weighted by Gasteiger charge is -2.31. The van der Waals surface area contributed by atoms with E-state index in [9.17, 15) is 4.79 Å². The van der Waals surface area contributed by atoms with Crippen LogP contribution in [0.1, 0.15) is 24.0 Å². The number of carbonyl (C=O) groups is 1. The number of methoxy groups -OCH3 is 2. The molecular formula is C26H29N5O3S. The van der Waals surface area contributed by atoms with Crippen LogP contribution in [0.4, 0.5) is 5.13 Å². The van der Waals surface area contributed by atoms with Crippen LogP contribution >= 0.6 is 11.3 Å². The van der Waals surface area contributed by atoms with Crippen molar-refractivity contribution in [2.45, 2.75) is 26.3 Å². The van der Waals surface area contributed by atoms with Gasteiger partial charge in [0, 0.05) is 30.8 Å². The molecule has 1 aliphatic rings. The molecule has 1 fully saturated rings. The lowest BCUT2D eigenvalue weighted by atomic mass is 9.97. The van der Waals surface area contributed by atoms with Gasteiger partial charge in [0.1, 0.15) is 0 Å². The van der Waals surface area contributed by atoms with Crippen LogP contribution in [0.3, 0.4) is 0 Å². The van der Waals surface area contributed by atoms with Gasteiger partial charge >= 0.3 is 0 Å². The highest BCUT2D eigenvalue weighted by Gasteiger charge is 2.28. The number of imidazole rings is 1. The van der Waals surface area contributed by atoms with Crippen molar-refractivity contribution in [3.8, 4) is 22.8 Å². The zero-order chi connectivity index (χ0) is 24.4. The number of nitrogens with one attached hydrogen (secondary N) is 1. The number of benzene rings is 2. The van der Waals surface area contributed by atoms with Gasteiger partial charge in [0.05, 0.1) is 32.0 Å². The molecule has 0 bridgehead atoms. The quantitative estimate of drug-likeness (QED) is 0.415. The Morgan fingerprint density at radius 3 is 2.74 bits per heavy atom. The zero-order valence-electron chi connectivity index (χ0n) is 20.2. The Hall–Kier alpha value is -3.59. The highest BCUT2D eigenvalue weighted by Crippen LogP contribution is 2.32. The summed E-state index contributed by atoms with van der Waals surface area (Å²) >= 11 is 1.56. The zero-order valence-corrected chi connectivity index (χ0v) is 21.0. The van der Waals surface area contributed by atoms with E-state index in [1.807, 2.05) is 28.9 Å². The molecule has 2 aromatic heterocycles. The smallest absolute Gasteiger partial charge is 0.225 e. The molecule has 1 aliphatic heterocycles. The molecule has 1 amide bonds. The first-order valence-electron chi connectivity index (χ1n) is 11.7. The number of hydrogen-bond acceptors (Lipinski definition) is 7. The predicted molar refractivity (Wildman–Crippen MR) is 137 cm³/mol. The third-order valence-corrected chi connectivity index (χ3v) is 7.36. The summed E-state index contributed by atoms with van der Waals surface area (Å²) in [7, 11) is 3.22. The first kappa shape index (κ1) is 23.2.